The Morgan fingerprint density at radius 2 is 2.00 bits per heavy atom. The van der Waals surface area contributed by atoms with Crippen molar-refractivity contribution < 1.29 is 27.3 Å². The zero-order valence-corrected chi connectivity index (χ0v) is 12.1. The highest BCUT2D eigenvalue weighted by Gasteiger charge is 2.23. The molecule has 1 saturated heterocycles. The molecule has 0 unspecified atom stereocenters. The molecule has 1 aromatic heterocycles. The van der Waals surface area contributed by atoms with Crippen molar-refractivity contribution in [1.29, 1.82) is 0 Å². The zero-order valence-electron chi connectivity index (χ0n) is 9.64. The third-order valence-electron chi connectivity index (χ3n) is 2.37. The monoisotopic (exact) mass is 325 g/mol. The van der Waals surface area contributed by atoms with Gasteiger partial charge in [-0.2, -0.15) is 8.42 Å². The summed E-state index contributed by atoms with van der Waals surface area (Å²) >= 11 is 0.597. The second-order valence-corrected chi connectivity index (χ2v) is 9.46. The maximum Gasteiger partial charge on any atom is 0.345 e. The van der Waals surface area contributed by atoms with Crippen LogP contribution in [0.5, 0.6) is 0 Å². The summed E-state index contributed by atoms with van der Waals surface area (Å²) in [5.41, 5.74) is 0. The number of carboxylic acids is 1. The summed E-state index contributed by atoms with van der Waals surface area (Å²) in [5.74, 6) is -1.06. The molecule has 0 amide bonds. The predicted molar refractivity (Wildman–Crippen MR) is 69.6 cm³/mol. The standard InChI is InChI=1S/C9H11NO6S3/c11-9(12)7-1-2-8(17-7)19(14,15)10-18(13)5-3-16-4-6-18/h1-2H,3-6H2,(H,11,12). The van der Waals surface area contributed by atoms with E-state index in [9.17, 15) is 17.4 Å². The van der Waals surface area contributed by atoms with Gasteiger partial charge < -0.3 is 9.84 Å². The van der Waals surface area contributed by atoms with Crippen LogP contribution in [0, 0.1) is 0 Å². The third kappa shape index (κ3) is 3.32. The van der Waals surface area contributed by atoms with Crippen molar-refractivity contribution in [2.75, 3.05) is 24.7 Å². The number of hydrogen-bond acceptors (Lipinski definition) is 6. The van der Waals surface area contributed by atoms with E-state index >= 15 is 0 Å². The molecule has 0 bridgehead atoms. The summed E-state index contributed by atoms with van der Waals surface area (Å²) in [6, 6.07) is 2.35. The van der Waals surface area contributed by atoms with Gasteiger partial charge in [0, 0.05) is 0 Å². The van der Waals surface area contributed by atoms with Crippen LogP contribution in [0.2, 0.25) is 0 Å². The minimum atomic E-state index is -4.08. The van der Waals surface area contributed by atoms with Crippen LogP contribution in [0.25, 0.3) is 0 Å². The van der Waals surface area contributed by atoms with Crippen molar-refractivity contribution in [3.63, 3.8) is 0 Å². The van der Waals surface area contributed by atoms with Crippen LogP contribution in [-0.2, 0) is 24.5 Å². The number of carboxylic acid groups (broad SMARTS) is 1. The first-order valence-electron chi connectivity index (χ1n) is 5.22. The quantitative estimate of drug-likeness (QED) is 0.873. The minimum absolute atomic E-state index is 0.0728. The van der Waals surface area contributed by atoms with Gasteiger partial charge in [0.05, 0.1) is 34.4 Å². The Balaban J connectivity index is 2.39. The average Bonchev–Trinajstić information content (AvgIpc) is 2.78. The van der Waals surface area contributed by atoms with E-state index in [-0.39, 0.29) is 33.8 Å². The Labute approximate surface area is 114 Å². The maximum atomic E-state index is 12.2. The lowest BCUT2D eigenvalue weighted by Crippen LogP contribution is -2.26. The molecule has 7 nitrogen and oxygen atoms in total. The van der Waals surface area contributed by atoms with Gasteiger partial charge in [-0.1, -0.05) is 0 Å². The third-order valence-corrected chi connectivity index (χ3v) is 8.25. The SMILES string of the molecule is O=C(O)c1ccc(S(=O)(=O)N=S2(=O)CCOCC2)s1. The van der Waals surface area contributed by atoms with Crippen LogP contribution in [0.4, 0.5) is 0 Å². The zero-order chi connectivity index (χ0) is 14.1. The fourth-order valence-electron chi connectivity index (χ4n) is 1.45. The van der Waals surface area contributed by atoms with E-state index in [1.54, 1.807) is 0 Å². The Morgan fingerprint density at radius 3 is 2.53 bits per heavy atom. The fraction of sp³-hybridized carbons (Fsp3) is 0.444. The second kappa shape index (κ2) is 5.19. The Bertz CT molecular complexity index is 698. The number of carbonyl (C=O) groups is 1. The van der Waals surface area contributed by atoms with Crippen LogP contribution in [0.1, 0.15) is 9.67 Å². The summed E-state index contributed by atoms with van der Waals surface area (Å²) in [6.07, 6.45) is 0. The smallest absolute Gasteiger partial charge is 0.345 e. The number of sulfonamides is 1. The van der Waals surface area contributed by atoms with Crippen LogP contribution < -0.4 is 0 Å². The highest BCUT2D eigenvalue weighted by molar-refractivity contribution is 8.04. The lowest BCUT2D eigenvalue weighted by molar-refractivity contribution is 0.0702. The molecule has 19 heavy (non-hydrogen) atoms. The molecule has 0 atom stereocenters. The topological polar surface area (TPSA) is 110 Å². The van der Waals surface area contributed by atoms with Gasteiger partial charge in [0.1, 0.15) is 9.09 Å². The summed E-state index contributed by atoms with van der Waals surface area (Å²) in [4.78, 5) is 10.6. The van der Waals surface area contributed by atoms with E-state index < -0.39 is 25.7 Å². The van der Waals surface area contributed by atoms with Crippen molar-refractivity contribution in [1.82, 2.24) is 0 Å². The van der Waals surface area contributed by atoms with Gasteiger partial charge >= 0.3 is 5.97 Å². The Hall–Kier alpha value is -0.970. The fourth-order valence-corrected chi connectivity index (χ4v) is 6.51. The molecule has 2 heterocycles. The average molecular weight is 325 g/mol. The number of thiophene rings is 1. The molecule has 0 saturated carbocycles. The van der Waals surface area contributed by atoms with Gasteiger partial charge in [-0.3, -0.25) is 0 Å². The van der Waals surface area contributed by atoms with Gasteiger partial charge in [-0.05, 0) is 12.1 Å². The van der Waals surface area contributed by atoms with Gasteiger partial charge in [0.2, 0.25) is 0 Å². The van der Waals surface area contributed by atoms with E-state index in [1.165, 1.54) is 6.07 Å². The van der Waals surface area contributed by atoms with E-state index in [1.807, 2.05) is 0 Å². The predicted octanol–water partition coefficient (Wildman–Crippen LogP) is 0.633. The first kappa shape index (κ1) is 14.4. The Morgan fingerprint density at radius 1 is 1.37 bits per heavy atom. The van der Waals surface area contributed by atoms with Crippen LogP contribution in [0.15, 0.2) is 20.1 Å². The lowest BCUT2D eigenvalue weighted by atomic mass is 10.5. The summed E-state index contributed by atoms with van der Waals surface area (Å²) in [5, 5.41) is 8.75. The molecule has 0 radical (unpaired) electrons. The minimum Gasteiger partial charge on any atom is -0.477 e. The molecular weight excluding hydrogens is 314 g/mol. The van der Waals surface area contributed by atoms with Crippen molar-refractivity contribution >= 4 is 37.1 Å². The largest absolute Gasteiger partial charge is 0.477 e. The number of hydrogen-bond donors (Lipinski definition) is 1. The van der Waals surface area contributed by atoms with E-state index in [4.69, 9.17) is 9.84 Å². The molecule has 10 heteroatoms. The summed E-state index contributed by atoms with van der Waals surface area (Å²) in [6.45, 7) is 0.422. The van der Waals surface area contributed by atoms with Crippen molar-refractivity contribution in [2.45, 2.75) is 4.21 Å². The van der Waals surface area contributed by atoms with Gasteiger partial charge in [0.15, 0.2) is 0 Å². The second-order valence-electron chi connectivity index (χ2n) is 3.77. The summed E-state index contributed by atoms with van der Waals surface area (Å²) in [7, 11) is -6.92. The van der Waals surface area contributed by atoms with Crippen molar-refractivity contribution in [3.8, 4) is 0 Å². The van der Waals surface area contributed by atoms with E-state index in [0.717, 1.165) is 6.07 Å². The molecular formula is C9H11NO6S3. The Kier molecular flexibility index (Phi) is 3.95. The number of rotatable bonds is 3. The molecule has 2 rings (SSSR count). The molecule has 0 aromatic carbocycles. The lowest BCUT2D eigenvalue weighted by Gasteiger charge is -2.15. The first-order valence-corrected chi connectivity index (χ1v) is 9.33. The highest BCUT2D eigenvalue weighted by Crippen LogP contribution is 2.24. The molecule has 0 spiro atoms. The molecule has 1 aliphatic rings. The summed E-state index contributed by atoms with van der Waals surface area (Å²) < 4.78 is 44.4. The van der Waals surface area contributed by atoms with Gasteiger partial charge in [-0.15, -0.1) is 15.1 Å². The molecule has 0 aliphatic carbocycles. The number of ether oxygens (including phenoxy) is 1. The van der Waals surface area contributed by atoms with E-state index in [0.29, 0.717) is 11.3 Å². The molecule has 1 aliphatic heterocycles. The number of nitrogens with zero attached hydrogens (tertiary/aromatic N) is 1. The molecule has 1 N–H and O–H groups in total. The molecule has 1 aromatic rings. The van der Waals surface area contributed by atoms with Crippen LogP contribution >= 0.6 is 11.3 Å². The van der Waals surface area contributed by atoms with Gasteiger partial charge in [-0.25, -0.2) is 9.00 Å². The van der Waals surface area contributed by atoms with E-state index in [2.05, 4.69) is 3.77 Å². The normalized spacial score (nSPS) is 18.9. The van der Waals surface area contributed by atoms with Crippen molar-refractivity contribution in [3.05, 3.63) is 17.0 Å². The van der Waals surface area contributed by atoms with Crippen LogP contribution in [0.3, 0.4) is 0 Å². The van der Waals surface area contributed by atoms with Crippen LogP contribution in [-0.4, -0.2) is 48.4 Å². The number of aromatic carboxylic acids is 1. The van der Waals surface area contributed by atoms with Gasteiger partial charge in [0.25, 0.3) is 10.0 Å². The van der Waals surface area contributed by atoms with Crippen molar-refractivity contribution in [2.24, 2.45) is 3.77 Å². The molecule has 1 fully saturated rings. The first-order chi connectivity index (χ1) is 8.82. The highest BCUT2D eigenvalue weighted by atomic mass is 32.3. The molecule has 106 valence electrons. The maximum absolute atomic E-state index is 12.2.